The lowest BCUT2D eigenvalue weighted by Crippen LogP contribution is -2.47. The zero-order chi connectivity index (χ0) is 15.9. The molecule has 0 N–H and O–H groups in total. The molecule has 0 unspecified atom stereocenters. The van der Waals surface area contributed by atoms with Gasteiger partial charge in [0.2, 0.25) is 0 Å². The van der Waals surface area contributed by atoms with Gasteiger partial charge in [-0.3, -0.25) is 9.80 Å². The molecule has 1 aliphatic rings. The van der Waals surface area contributed by atoms with Crippen LogP contribution in [0.1, 0.15) is 11.1 Å². The summed E-state index contributed by atoms with van der Waals surface area (Å²) in [6.45, 7) is 9.47. The second-order valence-corrected chi connectivity index (χ2v) is 6.22. The van der Waals surface area contributed by atoms with E-state index < -0.39 is 0 Å². The number of piperazine rings is 1. The number of hydrogen-bond donors (Lipinski definition) is 0. The first-order valence-corrected chi connectivity index (χ1v) is 8.48. The largest absolute Gasteiger partial charge is 0.492 e. The number of ether oxygens (including phenoxy) is 1. The third kappa shape index (κ3) is 4.81. The molecule has 0 spiro atoms. The van der Waals surface area contributed by atoms with E-state index in [9.17, 15) is 0 Å². The Labute approximate surface area is 139 Å². The van der Waals surface area contributed by atoms with Gasteiger partial charge in [-0.1, -0.05) is 48.5 Å². The lowest BCUT2D eigenvalue weighted by molar-refractivity contribution is 0.112. The van der Waals surface area contributed by atoms with Crippen molar-refractivity contribution in [1.29, 1.82) is 0 Å². The fourth-order valence-corrected chi connectivity index (χ4v) is 3.02. The van der Waals surface area contributed by atoms with Crippen LogP contribution in [0.5, 0.6) is 5.75 Å². The Hall–Kier alpha value is -1.84. The minimum atomic E-state index is 0.767. The standard InChI is InChI=1S/C20H26N2O/c1-18-7-5-6-10-20(18)23-16-15-21-11-13-22(14-12-21)17-19-8-3-2-4-9-19/h2-10H,11-17H2,1H3. The zero-order valence-corrected chi connectivity index (χ0v) is 13.9. The molecule has 2 aromatic carbocycles. The highest BCUT2D eigenvalue weighted by atomic mass is 16.5. The van der Waals surface area contributed by atoms with E-state index in [1.54, 1.807) is 0 Å². The van der Waals surface area contributed by atoms with Gasteiger partial charge in [0.1, 0.15) is 12.4 Å². The van der Waals surface area contributed by atoms with Gasteiger partial charge in [-0.05, 0) is 24.1 Å². The molecule has 0 saturated carbocycles. The van der Waals surface area contributed by atoms with Crippen molar-refractivity contribution in [2.75, 3.05) is 39.3 Å². The molecule has 1 fully saturated rings. The average Bonchev–Trinajstić information content (AvgIpc) is 2.59. The van der Waals surface area contributed by atoms with Gasteiger partial charge in [-0.15, -0.1) is 0 Å². The summed E-state index contributed by atoms with van der Waals surface area (Å²) >= 11 is 0. The summed E-state index contributed by atoms with van der Waals surface area (Å²) in [5.41, 5.74) is 2.61. The van der Waals surface area contributed by atoms with Crippen LogP contribution in [-0.2, 0) is 6.54 Å². The first-order valence-electron chi connectivity index (χ1n) is 8.48. The third-order valence-corrected chi connectivity index (χ3v) is 4.47. The van der Waals surface area contributed by atoms with E-state index in [4.69, 9.17) is 4.74 Å². The van der Waals surface area contributed by atoms with Crippen LogP contribution >= 0.6 is 0 Å². The maximum absolute atomic E-state index is 5.91. The highest BCUT2D eigenvalue weighted by Gasteiger charge is 2.16. The second-order valence-electron chi connectivity index (χ2n) is 6.22. The van der Waals surface area contributed by atoms with Gasteiger partial charge >= 0.3 is 0 Å². The normalized spacial score (nSPS) is 16.4. The van der Waals surface area contributed by atoms with Crippen molar-refractivity contribution in [1.82, 2.24) is 9.80 Å². The number of aryl methyl sites for hydroxylation is 1. The molecular weight excluding hydrogens is 284 g/mol. The van der Waals surface area contributed by atoms with E-state index in [2.05, 4.69) is 53.1 Å². The summed E-state index contributed by atoms with van der Waals surface area (Å²) in [6, 6.07) is 19.0. The fraction of sp³-hybridized carbons (Fsp3) is 0.400. The van der Waals surface area contributed by atoms with Gasteiger partial charge in [0.25, 0.3) is 0 Å². The number of rotatable bonds is 6. The smallest absolute Gasteiger partial charge is 0.122 e. The van der Waals surface area contributed by atoms with E-state index in [0.29, 0.717) is 0 Å². The number of nitrogens with zero attached hydrogens (tertiary/aromatic N) is 2. The number of hydrogen-bond acceptors (Lipinski definition) is 3. The Kier molecular flexibility index (Phi) is 5.67. The number of benzene rings is 2. The summed E-state index contributed by atoms with van der Waals surface area (Å²) in [6.07, 6.45) is 0. The molecule has 1 heterocycles. The molecule has 0 amide bonds. The van der Waals surface area contributed by atoms with Crippen molar-refractivity contribution < 1.29 is 4.74 Å². The summed E-state index contributed by atoms with van der Waals surface area (Å²) in [7, 11) is 0. The summed E-state index contributed by atoms with van der Waals surface area (Å²) in [4.78, 5) is 5.04. The molecule has 23 heavy (non-hydrogen) atoms. The van der Waals surface area contributed by atoms with Gasteiger partial charge in [-0.2, -0.15) is 0 Å². The minimum Gasteiger partial charge on any atom is -0.492 e. The Bertz CT molecular complexity index is 592. The van der Waals surface area contributed by atoms with Gasteiger partial charge in [0.15, 0.2) is 0 Å². The molecule has 1 aliphatic heterocycles. The predicted molar refractivity (Wildman–Crippen MR) is 94.8 cm³/mol. The van der Waals surface area contributed by atoms with Gasteiger partial charge in [0, 0.05) is 39.3 Å². The van der Waals surface area contributed by atoms with E-state index in [1.807, 2.05) is 18.2 Å². The molecule has 3 heteroatoms. The first-order chi connectivity index (χ1) is 11.3. The summed E-state index contributed by atoms with van der Waals surface area (Å²) in [5.74, 6) is 1.01. The highest BCUT2D eigenvalue weighted by Crippen LogP contribution is 2.16. The molecule has 0 radical (unpaired) electrons. The van der Waals surface area contributed by atoms with Crippen molar-refractivity contribution in [2.24, 2.45) is 0 Å². The quantitative estimate of drug-likeness (QED) is 0.815. The van der Waals surface area contributed by atoms with Gasteiger partial charge < -0.3 is 4.74 Å². The molecule has 0 aromatic heterocycles. The van der Waals surface area contributed by atoms with Crippen LogP contribution in [0.25, 0.3) is 0 Å². The maximum atomic E-state index is 5.91. The highest BCUT2D eigenvalue weighted by molar-refractivity contribution is 5.31. The SMILES string of the molecule is Cc1ccccc1OCCN1CCN(Cc2ccccc2)CC1. The average molecular weight is 310 g/mol. The Balaban J connectivity index is 1.37. The Morgan fingerprint density at radius 1 is 0.826 bits per heavy atom. The molecule has 3 nitrogen and oxygen atoms in total. The molecular formula is C20H26N2O. The van der Waals surface area contributed by atoms with Gasteiger partial charge in [0.05, 0.1) is 0 Å². The Morgan fingerprint density at radius 3 is 2.22 bits per heavy atom. The van der Waals surface area contributed by atoms with Crippen LogP contribution in [0.4, 0.5) is 0 Å². The van der Waals surface area contributed by atoms with Crippen LogP contribution < -0.4 is 4.74 Å². The molecule has 0 bridgehead atoms. The summed E-state index contributed by atoms with van der Waals surface area (Å²) < 4.78 is 5.91. The fourth-order valence-electron chi connectivity index (χ4n) is 3.02. The van der Waals surface area contributed by atoms with E-state index >= 15 is 0 Å². The molecule has 1 saturated heterocycles. The van der Waals surface area contributed by atoms with Crippen molar-refractivity contribution in [3.05, 3.63) is 65.7 Å². The molecule has 3 rings (SSSR count). The second kappa shape index (κ2) is 8.14. The van der Waals surface area contributed by atoms with Crippen molar-refractivity contribution in [2.45, 2.75) is 13.5 Å². The summed E-state index contributed by atoms with van der Waals surface area (Å²) in [5, 5.41) is 0. The molecule has 0 aliphatic carbocycles. The van der Waals surface area contributed by atoms with E-state index in [1.165, 1.54) is 11.1 Å². The van der Waals surface area contributed by atoms with E-state index in [0.717, 1.165) is 51.6 Å². The maximum Gasteiger partial charge on any atom is 0.122 e. The predicted octanol–water partition coefficient (Wildman–Crippen LogP) is 3.19. The van der Waals surface area contributed by atoms with Crippen LogP contribution in [0.2, 0.25) is 0 Å². The monoisotopic (exact) mass is 310 g/mol. The molecule has 0 atom stereocenters. The number of para-hydroxylation sites is 1. The van der Waals surface area contributed by atoms with Crippen molar-refractivity contribution >= 4 is 0 Å². The van der Waals surface area contributed by atoms with Crippen LogP contribution in [0.3, 0.4) is 0 Å². The Morgan fingerprint density at radius 2 is 1.48 bits per heavy atom. The topological polar surface area (TPSA) is 15.7 Å². The van der Waals surface area contributed by atoms with Crippen LogP contribution in [-0.4, -0.2) is 49.1 Å². The first kappa shape index (κ1) is 16.0. The minimum absolute atomic E-state index is 0.767. The van der Waals surface area contributed by atoms with Crippen LogP contribution in [0.15, 0.2) is 54.6 Å². The zero-order valence-electron chi connectivity index (χ0n) is 13.9. The van der Waals surface area contributed by atoms with Crippen molar-refractivity contribution in [3.8, 4) is 5.75 Å². The molecule has 2 aromatic rings. The molecule has 122 valence electrons. The van der Waals surface area contributed by atoms with E-state index in [-0.39, 0.29) is 0 Å². The van der Waals surface area contributed by atoms with Crippen molar-refractivity contribution in [3.63, 3.8) is 0 Å². The van der Waals surface area contributed by atoms with Crippen LogP contribution in [0, 0.1) is 6.92 Å². The third-order valence-electron chi connectivity index (χ3n) is 4.47. The lowest BCUT2D eigenvalue weighted by atomic mass is 10.2. The lowest BCUT2D eigenvalue weighted by Gasteiger charge is -2.34. The van der Waals surface area contributed by atoms with Gasteiger partial charge in [-0.25, -0.2) is 0 Å².